The van der Waals surface area contributed by atoms with E-state index in [2.05, 4.69) is 41.5 Å². The van der Waals surface area contributed by atoms with Crippen LogP contribution in [0.5, 0.6) is 0 Å². The SMILES string of the molecule is CC(C)[C@@H](C)C[C@H](OS(=O)(=O)[O-])[C@@H](C)[C@H]1CC[C@H]2[C@@H]3CC(=O)[C@H]4C[C@@H](O)CC[C@]4(C)[C@H]3CC[C@]12C. The van der Waals surface area contributed by atoms with Crippen molar-refractivity contribution in [3.63, 3.8) is 0 Å². The maximum absolute atomic E-state index is 13.4. The number of hydrogen-bond donors (Lipinski definition) is 1. The van der Waals surface area contributed by atoms with E-state index < -0.39 is 16.5 Å². The standard InChI is InChI=1S/C28H48O6S/c1-16(2)17(3)13-26(34-35(31,32)33)18(4)21-7-8-22-20-15-25(30)24-14-19(29)9-11-28(24,6)23(20)10-12-27(21,22)5/h16-24,26,29H,7-15H2,1-6H3,(H,31,32,33)/p-1/t17-,18-,19-,20-,21+,22-,23-,24+,26-,27+,28+/m0/s1. The van der Waals surface area contributed by atoms with Crippen LogP contribution in [0.1, 0.15) is 99.3 Å². The van der Waals surface area contributed by atoms with Crippen molar-refractivity contribution in [2.45, 2.75) is 112 Å². The van der Waals surface area contributed by atoms with E-state index in [0.717, 1.165) is 38.5 Å². The number of carbonyl (C=O) groups excluding carboxylic acids is 1. The van der Waals surface area contributed by atoms with Gasteiger partial charge in [0.05, 0.1) is 12.2 Å². The number of carbonyl (C=O) groups is 1. The number of Topliss-reactive ketones (excluding diaryl/α,β-unsaturated/α-hetero) is 1. The molecule has 4 aliphatic carbocycles. The number of ketones is 1. The lowest BCUT2D eigenvalue weighted by Crippen LogP contribution is -2.57. The van der Waals surface area contributed by atoms with E-state index in [1.807, 2.05) is 0 Å². The summed E-state index contributed by atoms with van der Waals surface area (Å²) in [7, 11) is -4.79. The van der Waals surface area contributed by atoms with Crippen LogP contribution < -0.4 is 0 Å². The molecule has 0 unspecified atom stereocenters. The van der Waals surface area contributed by atoms with Crippen LogP contribution in [0.4, 0.5) is 0 Å². The van der Waals surface area contributed by atoms with Crippen LogP contribution in [-0.2, 0) is 19.4 Å². The van der Waals surface area contributed by atoms with Crippen LogP contribution in [0, 0.1) is 58.2 Å². The zero-order valence-corrected chi connectivity index (χ0v) is 23.4. The Morgan fingerprint density at radius 1 is 1.03 bits per heavy atom. The summed E-state index contributed by atoms with van der Waals surface area (Å²) in [5.41, 5.74) is 0.00675. The van der Waals surface area contributed by atoms with E-state index in [4.69, 9.17) is 4.18 Å². The summed E-state index contributed by atoms with van der Waals surface area (Å²) in [5.74, 6) is 2.51. The molecule has 0 aromatic heterocycles. The predicted octanol–water partition coefficient (Wildman–Crippen LogP) is 5.35. The fourth-order valence-corrected chi connectivity index (χ4v) is 9.87. The smallest absolute Gasteiger partial charge is 0.217 e. The second-order valence-corrected chi connectivity index (χ2v) is 14.6. The molecule has 4 rings (SSSR count). The lowest BCUT2D eigenvalue weighted by molar-refractivity contribution is -0.160. The molecule has 1 N–H and O–H groups in total. The number of aliphatic hydroxyl groups excluding tert-OH is 1. The Bertz CT molecular complexity index is 901. The average molecular weight is 512 g/mol. The topological polar surface area (TPSA) is 104 Å². The second-order valence-electron chi connectivity index (χ2n) is 13.6. The molecule has 35 heavy (non-hydrogen) atoms. The molecule has 4 aliphatic rings. The highest BCUT2D eigenvalue weighted by atomic mass is 32.3. The van der Waals surface area contributed by atoms with Gasteiger partial charge in [0.15, 0.2) is 0 Å². The quantitative estimate of drug-likeness (QED) is 0.365. The van der Waals surface area contributed by atoms with Gasteiger partial charge in [-0.1, -0.05) is 41.5 Å². The molecular weight excluding hydrogens is 464 g/mol. The van der Waals surface area contributed by atoms with Gasteiger partial charge < -0.3 is 9.66 Å². The predicted molar refractivity (Wildman–Crippen MR) is 134 cm³/mol. The summed E-state index contributed by atoms with van der Waals surface area (Å²) in [6.07, 6.45) is 6.78. The van der Waals surface area contributed by atoms with Crippen molar-refractivity contribution in [2.24, 2.45) is 58.2 Å². The first-order valence-corrected chi connectivity index (χ1v) is 15.4. The van der Waals surface area contributed by atoms with Gasteiger partial charge in [0.1, 0.15) is 5.78 Å². The third-order valence-corrected chi connectivity index (χ3v) is 12.2. The minimum absolute atomic E-state index is 0.00876. The molecule has 11 atom stereocenters. The Balaban J connectivity index is 1.57. The van der Waals surface area contributed by atoms with Crippen molar-refractivity contribution in [1.29, 1.82) is 0 Å². The molecule has 0 spiro atoms. The molecule has 0 heterocycles. The summed E-state index contributed by atoms with van der Waals surface area (Å²) in [4.78, 5) is 13.4. The molecule has 0 radical (unpaired) electrons. The fraction of sp³-hybridized carbons (Fsp3) is 0.964. The minimum Gasteiger partial charge on any atom is -0.726 e. The highest BCUT2D eigenvalue weighted by Crippen LogP contribution is 2.68. The molecule has 0 bridgehead atoms. The van der Waals surface area contributed by atoms with Crippen LogP contribution in [-0.4, -0.2) is 36.1 Å². The molecule has 4 saturated carbocycles. The van der Waals surface area contributed by atoms with Crippen molar-refractivity contribution >= 4 is 16.2 Å². The van der Waals surface area contributed by atoms with E-state index in [-0.39, 0.29) is 40.6 Å². The van der Waals surface area contributed by atoms with Gasteiger partial charge in [-0.3, -0.25) is 8.98 Å². The van der Waals surface area contributed by atoms with E-state index in [9.17, 15) is 22.9 Å². The summed E-state index contributed by atoms with van der Waals surface area (Å²) < 4.78 is 40.2. The highest BCUT2D eigenvalue weighted by Gasteiger charge is 2.62. The molecule has 0 saturated heterocycles. The normalized spacial score (nSPS) is 44.3. The molecule has 0 amide bonds. The molecule has 4 fully saturated rings. The van der Waals surface area contributed by atoms with E-state index in [0.29, 0.717) is 48.7 Å². The van der Waals surface area contributed by atoms with E-state index >= 15 is 0 Å². The first-order valence-electron chi connectivity index (χ1n) is 14.0. The van der Waals surface area contributed by atoms with Gasteiger partial charge in [-0.15, -0.1) is 0 Å². The van der Waals surface area contributed by atoms with Crippen LogP contribution in [0.15, 0.2) is 0 Å². The van der Waals surface area contributed by atoms with Gasteiger partial charge in [0.25, 0.3) is 0 Å². The van der Waals surface area contributed by atoms with Gasteiger partial charge in [0.2, 0.25) is 10.4 Å². The monoisotopic (exact) mass is 511 g/mol. The number of rotatable bonds is 7. The largest absolute Gasteiger partial charge is 0.726 e. The molecular formula is C28H47O6S-. The summed E-state index contributed by atoms with van der Waals surface area (Å²) in [6, 6.07) is 0. The molecule has 7 heteroatoms. The number of fused-ring (bicyclic) bond motifs is 5. The first kappa shape index (κ1) is 27.5. The first-order chi connectivity index (χ1) is 16.2. The molecule has 0 aromatic carbocycles. The highest BCUT2D eigenvalue weighted by molar-refractivity contribution is 7.80. The van der Waals surface area contributed by atoms with Gasteiger partial charge in [-0.25, -0.2) is 8.42 Å². The maximum atomic E-state index is 13.4. The Hall–Kier alpha value is -0.500. The summed E-state index contributed by atoms with van der Waals surface area (Å²) in [5, 5.41) is 10.3. The van der Waals surface area contributed by atoms with Gasteiger partial charge >= 0.3 is 0 Å². The van der Waals surface area contributed by atoms with Gasteiger partial charge in [-0.05, 0) is 104 Å². The van der Waals surface area contributed by atoms with Crippen molar-refractivity contribution in [1.82, 2.24) is 0 Å². The Labute approximate surface area is 212 Å². The Morgan fingerprint density at radius 2 is 1.66 bits per heavy atom. The van der Waals surface area contributed by atoms with E-state index in [1.54, 1.807) is 0 Å². The van der Waals surface area contributed by atoms with Crippen molar-refractivity contribution < 1.29 is 27.1 Å². The van der Waals surface area contributed by atoms with Crippen molar-refractivity contribution in [3.05, 3.63) is 0 Å². The van der Waals surface area contributed by atoms with E-state index in [1.165, 1.54) is 0 Å². The maximum Gasteiger partial charge on any atom is 0.217 e. The van der Waals surface area contributed by atoms with Crippen LogP contribution >= 0.6 is 0 Å². The Kier molecular flexibility index (Phi) is 7.60. The average Bonchev–Trinajstić information content (AvgIpc) is 3.10. The molecule has 6 nitrogen and oxygen atoms in total. The molecule has 0 aromatic rings. The van der Waals surface area contributed by atoms with Gasteiger partial charge in [0, 0.05) is 12.3 Å². The van der Waals surface area contributed by atoms with Crippen LogP contribution in [0.2, 0.25) is 0 Å². The lowest BCUT2D eigenvalue weighted by atomic mass is 9.44. The van der Waals surface area contributed by atoms with Gasteiger partial charge in [-0.2, -0.15) is 0 Å². The zero-order valence-electron chi connectivity index (χ0n) is 22.5. The lowest BCUT2D eigenvalue weighted by Gasteiger charge is -2.60. The number of hydrogen-bond acceptors (Lipinski definition) is 6. The number of aliphatic hydroxyl groups is 1. The summed E-state index contributed by atoms with van der Waals surface area (Å²) in [6.45, 7) is 13.1. The summed E-state index contributed by atoms with van der Waals surface area (Å²) >= 11 is 0. The zero-order chi connectivity index (χ0) is 25.9. The van der Waals surface area contributed by atoms with Crippen LogP contribution in [0.25, 0.3) is 0 Å². The fourth-order valence-electron chi connectivity index (χ4n) is 9.31. The third kappa shape index (κ3) is 5.00. The minimum atomic E-state index is -4.79. The Morgan fingerprint density at radius 3 is 2.29 bits per heavy atom. The molecule has 202 valence electrons. The molecule has 0 aliphatic heterocycles. The van der Waals surface area contributed by atoms with Crippen molar-refractivity contribution in [2.75, 3.05) is 0 Å². The van der Waals surface area contributed by atoms with Crippen molar-refractivity contribution in [3.8, 4) is 0 Å². The van der Waals surface area contributed by atoms with Crippen LogP contribution in [0.3, 0.4) is 0 Å². The third-order valence-electron chi connectivity index (χ3n) is 11.7. The second kappa shape index (κ2) is 9.67.